The van der Waals surface area contributed by atoms with Crippen molar-refractivity contribution in [3.8, 4) is 0 Å². The molecule has 1 aromatic heterocycles. The summed E-state index contributed by atoms with van der Waals surface area (Å²) in [6, 6.07) is 5.84. The maximum Gasteiger partial charge on any atom is 0.226 e. The highest BCUT2D eigenvalue weighted by Gasteiger charge is 2.08. The minimum Gasteiger partial charge on any atom is -0.397 e. The van der Waals surface area contributed by atoms with Crippen LogP contribution in [0.25, 0.3) is 0 Å². The highest BCUT2D eigenvalue weighted by molar-refractivity contribution is 5.93. The van der Waals surface area contributed by atoms with Crippen molar-refractivity contribution >= 4 is 17.3 Å². The lowest BCUT2D eigenvalue weighted by Gasteiger charge is -2.09. The third kappa shape index (κ3) is 3.34. The summed E-state index contributed by atoms with van der Waals surface area (Å²) in [6.07, 6.45) is 0.277. The molecule has 0 fully saturated rings. The summed E-state index contributed by atoms with van der Waals surface area (Å²) in [4.78, 5) is 11.8. The summed E-state index contributed by atoms with van der Waals surface area (Å²) in [6.45, 7) is 4.34. The Morgan fingerprint density at radius 3 is 2.75 bits per heavy atom. The Morgan fingerprint density at radius 2 is 2.15 bits per heavy atom. The third-order valence-electron chi connectivity index (χ3n) is 2.94. The molecule has 6 heteroatoms. The van der Waals surface area contributed by atoms with Gasteiger partial charge >= 0.3 is 0 Å². The van der Waals surface area contributed by atoms with E-state index in [1.54, 1.807) is 4.68 Å². The van der Waals surface area contributed by atoms with Crippen molar-refractivity contribution in [3.05, 3.63) is 41.5 Å². The van der Waals surface area contributed by atoms with Gasteiger partial charge in [0.1, 0.15) is 5.82 Å². The Hall–Kier alpha value is -2.37. The average molecular weight is 276 g/mol. The van der Waals surface area contributed by atoms with Crippen molar-refractivity contribution in [1.82, 2.24) is 9.78 Å². The summed E-state index contributed by atoms with van der Waals surface area (Å²) < 4.78 is 14.7. The van der Waals surface area contributed by atoms with Gasteiger partial charge in [-0.05, 0) is 38.1 Å². The average Bonchev–Trinajstić information content (AvgIpc) is 2.69. The van der Waals surface area contributed by atoms with Gasteiger partial charge in [0.05, 0.1) is 17.1 Å². The fraction of sp³-hybridized carbons (Fsp3) is 0.286. The molecule has 20 heavy (non-hydrogen) atoms. The lowest BCUT2D eigenvalue weighted by molar-refractivity contribution is -0.116. The number of halogens is 1. The highest BCUT2D eigenvalue weighted by Crippen LogP contribution is 2.19. The fourth-order valence-electron chi connectivity index (χ4n) is 1.97. The Labute approximate surface area is 116 Å². The second kappa shape index (κ2) is 5.73. The summed E-state index contributed by atoms with van der Waals surface area (Å²) in [7, 11) is 0. The second-order valence-corrected chi connectivity index (χ2v) is 4.68. The van der Waals surface area contributed by atoms with Crippen molar-refractivity contribution in [1.29, 1.82) is 0 Å². The van der Waals surface area contributed by atoms with E-state index in [1.807, 2.05) is 19.9 Å². The number of aryl methyl sites for hydroxylation is 3. The van der Waals surface area contributed by atoms with E-state index in [-0.39, 0.29) is 18.0 Å². The maximum atomic E-state index is 12.9. The Balaban J connectivity index is 1.94. The minimum atomic E-state index is -0.428. The molecule has 0 radical (unpaired) electrons. The van der Waals surface area contributed by atoms with Gasteiger partial charge in [0.25, 0.3) is 0 Å². The monoisotopic (exact) mass is 276 g/mol. The molecular weight excluding hydrogens is 259 g/mol. The molecule has 0 aliphatic rings. The molecule has 0 saturated heterocycles. The van der Waals surface area contributed by atoms with Crippen LogP contribution < -0.4 is 11.1 Å². The number of amides is 1. The predicted octanol–water partition coefficient (Wildman–Crippen LogP) is 2.25. The molecule has 0 atom stereocenters. The first-order valence-electron chi connectivity index (χ1n) is 6.31. The molecule has 0 saturated carbocycles. The van der Waals surface area contributed by atoms with Crippen LogP contribution in [0.15, 0.2) is 24.3 Å². The van der Waals surface area contributed by atoms with Crippen LogP contribution in [-0.4, -0.2) is 15.7 Å². The van der Waals surface area contributed by atoms with Crippen molar-refractivity contribution in [2.45, 2.75) is 26.8 Å². The molecule has 1 heterocycles. The van der Waals surface area contributed by atoms with Crippen molar-refractivity contribution in [3.63, 3.8) is 0 Å². The molecule has 1 amide bonds. The van der Waals surface area contributed by atoms with Crippen molar-refractivity contribution in [2.75, 3.05) is 11.1 Å². The SMILES string of the molecule is Cc1cc(C)n(CCC(=O)Nc2ccc(F)cc2N)n1. The standard InChI is InChI=1S/C14H17FN4O/c1-9-7-10(2)19(18-9)6-5-14(20)17-13-4-3-11(15)8-12(13)16/h3-4,7-8H,5-6,16H2,1-2H3,(H,17,20). The Bertz CT molecular complexity index is 636. The molecule has 0 bridgehead atoms. The van der Waals surface area contributed by atoms with Crippen LogP contribution in [0.5, 0.6) is 0 Å². The number of carbonyl (C=O) groups is 1. The van der Waals surface area contributed by atoms with Crippen LogP contribution in [0.1, 0.15) is 17.8 Å². The molecule has 5 nitrogen and oxygen atoms in total. The third-order valence-corrected chi connectivity index (χ3v) is 2.94. The quantitative estimate of drug-likeness (QED) is 0.841. The molecule has 106 valence electrons. The number of carbonyl (C=O) groups excluding carboxylic acids is 1. The predicted molar refractivity (Wildman–Crippen MR) is 75.8 cm³/mol. The molecule has 3 N–H and O–H groups in total. The van der Waals surface area contributed by atoms with E-state index in [1.165, 1.54) is 18.2 Å². The Kier molecular flexibility index (Phi) is 4.02. The van der Waals surface area contributed by atoms with E-state index in [0.717, 1.165) is 11.4 Å². The van der Waals surface area contributed by atoms with E-state index in [9.17, 15) is 9.18 Å². The van der Waals surface area contributed by atoms with Gasteiger partial charge in [0.2, 0.25) is 5.91 Å². The summed E-state index contributed by atoms with van der Waals surface area (Å²) >= 11 is 0. The molecular formula is C14H17FN4O. The van der Waals surface area contributed by atoms with Gasteiger partial charge in [-0.3, -0.25) is 9.48 Å². The van der Waals surface area contributed by atoms with E-state index < -0.39 is 5.82 Å². The number of nitrogen functional groups attached to an aromatic ring is 1. The van der Waals surface area contributed by atoms with E-state index in [4.69, 9.17) is 5.73 Å². The van der Waals surface area contributed by atoms with Crippen LogP contribution in [0, 0.1) is 19.7 Å². The van der Waals surface area contributed by atoms with Crippen LogP contribution in [0.3, 0.4) is 0 Å². The molecule has 2 aromatic rings. The van der Waals surface area contributed by atoms with Crippen molar-refractivity contribution < 1.29 is 9.18 Å². The van der Waals surface area contributed by atoms with Gasteiger partial charge in [0, 0.05) is 18.7 Å². The lowest BCUT2D eigenvalue weighted by atomic mass is 10.2. The number of nitrogens with two attached hydrogens (primary N) is 1. The molecule has 0 unspecified atom stereocenters. The molecule has 0 aliphatic heterocycles. The number of hydrogen-bond donors (Lipinski definition) is 2. The number of benzene rings is 1. The zero-order chi connectivity index (χ0) is 14.7. The normalized spacial score (nSPS) is 10.6. The van der Waals surface area contributed by atoms with E-state index in [2.05, 4.69) is 10.4 Å². The van der Waals surface area contributed by atoms with E-state index in [0.29, 0.717) is 12.2 Å². The molecule has 2 rings (SSSR count). The van der Waals surface area contributed by atoms with Gasteiger partial charge in [-0.15, -0.1) is 0 Å². The second-order valence-electron chi connectivity index (χ2n) is 4.68. The number of nitrogens with one attached hydrogen (secondary N) is 1. The number of anilines is 2. The van der Waals surface area contributed by atoms with Crippen LogP contribution in [0.4, 0.5) is 15.8 Å². The topological polar surface area (TPSA) is 72.9 Å². The number of nitrogens with zero attached hydrogens (tertiary/aromatic N) is 2. The molecule has 0 aliphatic carbocycles. The number of aromatic nitrogens is 2. The number of rotatable bonds is 4. The zero-order valence-electron chi connectivity index (χ0n) is 11.5. The minimum absolute atomic E-state index is 0.184. The summed E-state index contributed by atoms with van der Waals surface area (Å²) in [5.41, 5.74) is 8.20. The maximum absolute atomic E-state index is 12.9. The first-order valence-corrected chi connectivity index (χ1v) is 6.31. The molecule has 1 aromatic carbocycles. The van der Waals surface area contributed by atoms with Gasteiger partial charge in [0.15, 0.2) is 0 Å². The molecule has 0 spiro atoms. The van der Waals surface area contributed by atoms with Crippen LogP contribution >= 0.6 is 0 Å². The summed E-state index contributed by atoms with van der Waals surface area (Å²) in [5, 5.41) is 6.94. The van der Waals surface area contributed by atoms with Crippen LogP contribution in [-0.2, 0) is 11.3 Å². The Morgan fingerprint density at radius 1 is 1.40 bits per heavy atom. The number of hydrogen-bond acceptors (Lipinski definition) is 3. The van der Waals surface area contributed by atoms with Crippen LogP contribution in [0.2, 0.25) is 0 Å². The van der Waals surface area contributed by atoms with E-state index >= 15 is 0 Å². The zero-order valence-corrected chi connectivity index (χ0v) is 11.5. The largest absolute Gasteiger partial charge is 0.397 e. The van der Waals surface area contributed by atoms with Crippen molar-refractivity contribution in [2.24, 2.45) is 0 Å². The van der Waals surface area contributed by atoms with Gasteiger partial charge < -0.3 is 11.1 Å². The first-order chi connectivity index (χ1) is 9.45. The fourth-order valence-corrected chi connectivity index (χ4v) is 1.97. The highest BCUT2D eigenvalue weighted by atomic mass is 19.1. The smallest absolute Gasteiger partial charge is 0.226 e. The van der Waals surface area contributed by atoms with Gasteiger partial charge in [-0.25, -0.2) is 4.39 Å². The van der Waals surface area contributed by atoms with Gasteiger partial charge in [-0.1, -0.05) is 0 Å². The first kappa shape index (κ1) is 14.0. The summed E-state index contributed by atoms with van der Waals surface area (Å²) in [5.74, 6) is -0.612. The lowest BCUT2D eigenvalue weighted by Crippen LogP contribution is -2.16. The van der Waals surface area contributed by atoms with Gasteiger partial charge in [-0.2, -0.15) is 5.10 Å².